The molecular weight excluding hydrogens is 239 g/mol. The summed E-state index contributed by atoms with van der Waals surface area (Å²) in [5, 5.41) is 3.40. The van der Waals surface area contributed by atoms with E-state index in [1.165, 1.54) is 18.3 Å². The lowest BCUT2D eigenvalue weighted by Gasteiger charge is -1.95. The minimum atomic E-state index is -0.411. The highest BCUT2D eigenvalue weighted by Gasteiger charge is 2.07. The Morgan fingerprint density at radius 2 is 2.00 bits per heavy atom. The van der Waals surface area contributed by atoms with Gasteiger partial charge in [0.1, 0.15) is 0 Å². The van der Waals surface area contributed by atoms with E-state index in [0.717, 1.165) is 16.9 Å². The fraction of sp³-hybridized carbons (Fsp3) is 0. The average molecular weight is 248 g/mol. The first-order valence-corrected chi connectivity index (χ1v) is 5.71. The van der Waals surface area contributed by atoms with Crippen LogP contribution in [0.4, 0.5) is 4.39 Å². The molecule has 0 aliphatic carbocycles. The highest BCUT2D eigenvalue weighted by Crippen LogP contribution is 2.13. The molecule has 5 heteroatoms. The quantitative estimate of drug-likeness (QED) is 0.658. The van der Waals surface area contributed by atoms with Crippen LogP contribution in [0.15, 0.2) is 47.6 Å². The topological polar surface area (TPSA) is 41.5 Å². The van der Waals surface area contributed by atoms with Gasteiger partial charge in [0, 0.05) is 0 Å². The van der Waals surface area contributed by atoms with Crippen LogP contribution in [0.25, 0.3) is 0 Å². The second-order valence-corrected chi connectivity index (χ2v) is 4.25. The number of rotatable bonds is 3. The molecule has 0 atom stereocenters. The first-order chi connectivity index (χ1) is 8.25. The molecule has 0 fully saturated rings. The van der Waals surface area contributed by atoms with Crippen molar-refractivity contribution in [3.05, 3.63) is 58.0 Å². The Morgan fingerprint density at radius 3 is 2.65 bits per heavy atom. The van der Waals surface area contributed by atoms with E-state index in [4.69, 9.17) is 0 Å². The summed E-state index contributed by atoms with van der Waals surface area (Å²) in [4.78, 5) is 11.8. The molecule has 17 heavy (non-hydrogen) atoms. The van der Waals surface area contributed by atoms with Crippen molar-refractivity contribution >= 4 is 23.5 Å². The maximum atomic E-state index is 12.7. The lowest BCUT2D eigenvalue weighted by atomic mass is 10.2. The Balaban J connectivity index is 1.95. The number of benzene rings is 1. The molecule has 1 heterocycles. The summed E-state index contributed by atoms with van der Waals surface area (Å²) in [7, 11) is 0. The zero-order chi connectivity index (χ0) is 12.1. The number of nitrogens with one attached hydrogen (secondary N) is 1. The van der Waals surface area contributed by atoms with Crippen LogP contribution in [-0.4, -0.2) is 12.1 Å². The van der Waals surface area contributed by atoms with Gasteiger partial charge in [-0.15, -0.1) is 11.3 Å². The van der Waals surface area contributed by atoms with Gasteiger partial charge in [0.15, 0.2) is 5.13 Å². The maximum Gasteiger partial charge on any atom is 0.281 e. The third kappa shape index (κ3) is 3.22. The zero-order valence-corrected chi connectivity index (χ0v) is 9.58. The Kier molecular flexibility index (Phi) is 3.62. The fourth-order valence-electron chi connectivity index (χ4n) is 1.20. The molecule has 0 saturated carbocycles. The van der Waals surface area contributed by atoms with Gasteiger partial charge in [-0.3, -0.25) is 4.79 Å². The van der Waals surface area contributed by atoms with Crippen molar-refractivity contribution in [2.24, 2.45) is 5.10 Å². The first-order valence-electron chi connectivity index (χ1n) is 4.89. The molecular formula is C12H9FN2OS. The van der Waals surface area contributed by atoms with E-state index < -0.39 is 5.91 Å². The van der Waals surface area contributed by atoms with Gasteiger partial charge in [0.2, 0.25) is 0 Å². The van der Waals surface area contributed by atoms with Crippen LogP contribution in [0.2, 0.25) is 0 Å². The van der Waals surface area contributed by atoms with Crippen molar-refractivity contribution in [2.45, 2.75) is 0 Å². The molecule has 3 nitrogen and oxygen atoms in total. The number of hydrazone groups is 1. The molecule has 0 aliphatic heterocycles. The van der Waals surface area contributed by atoms with Gasteiger partial charge in [0.05, 0.1) is 11.1 Å². The van der Waals surface area contributed by atoms with Crippen molar-refractivity contribution in [1.29, 1.82) is 0 Å². The molecule has 0 spiro atoms. The molecule has 1 amide bonds. The third-order valence-corrected chi connectivity index (χ3v) is 2.85. The Hall–Kier alpha value is -2.01. The second kappa shape index (κ2) is 5.36. The van der Waals surface area contributed by atoms with Crippen LogP contribution < -0.4 is 5.43 Å². The predicted octanol–water partition coefficient (Wildman–Crippen LogP) is 2.65. The highest BCUT2D eigenvalue weighted by atomic mass is 32.1. The molecule has 0 unspecified atom stereocenters. The van der Waals surface area contributed by atoms with Crippen LogP contribution in [-0.2, 0) is 0 Å². The monoisotopic (exact) mass is 248 g/mol. The summed E-state index contributed by atoms with van der Waals surface area (Å²) in [6.07, 6.45) is 1.53. The van der Waals surface area contributed by atoms with Gasteiger partial charge in [-0.25, -0.2) is 5.43 Å². The first kappa shape index (κ1) is 11.5. The van der Waals surface area contributed by atoms with Gasteiger partial charge >= 0.3 is 0 Å². The number of carbonyl (C=O) groups excluding carboxylic acids is 1. The molecule has 0 radical (unpaired) electrons. The lowest BCUT2D eigenvalue weighted by molar-refractivity contribution is 0.0959. The second-order valence-electron chi connectivity index (χ2n) is 3.21. The maximum absolute atomic E-state index is 12.7. The number of halogens is 1. The molecule has 0 aliphatic rings. The minimum absolute atomic E-state index is 0.299. The molecule has 1 aromatic heterocycles. The molecule has 1 aromatic carbocycles. The summed E-state index contributed by atoms with van der Waals surface area (Å²) < 4.78 is 12.7. The zero-order valence-electron chi connectivity index (χ0n) is 8.76. The number of nitrogens with zero attached hydrogens (tertiary/aromatic N) is 1. The van der Waals surface area contributed by atoms with E-state index in [2.05, 4.69) is 10.5 Å². The van der Waals surface area contributed by atoms with Crippen molar-refractivity contribution in [1.82, 2.24) is 5.43 Å². The molecule has 86 valence electrons. The van der Waals surface area contributed by atoms with Crippen LogP contribution in [0.5, 0.6) is 0 Å². The van der Waals surface area contributed by atoms with Crippen LogP contribution >= 0.6 is 11.3 Å². The number of hydrogen-bond donors (Lipinski definition) is 1. The smallest absolute Gasteiger partial charge is 0.266 e. The van der Waals surface area contributed by atoms with Gasteiger partial charge < -0.3 is 0 Å². The predicted molar refractivity (Wildman–Crippen MR) is 65.8 cm³/mol. The molecule has 0 saturated heterocycles. The molecule has 2 rings (SSSR count). The standard InChI is InChI=1S/C12H9FN2OS/c13-11-7-6-10(17-11)12(16)15-14-8-9-4-2-1-3-5-9/h1-8H,(H,15,16)/b14-8+. The number of carbonyl (C=O) groups is 1. The Labute approximate surface area is 102 Å². The van der Waals surface area contributed by atoms with E-state index in [-0.39, 0.29) is 5.13 Å². The Morgan fingerprint density at radius 1 is 1.24 bits per heavy atom. The highest BCUT2D eigenvalue weighted by molar-refractivity contribution is 7.12. The lowest BCUT2D eigenvalue weighted by Crippen LogP contribution is -2.16. The van der Waals surface area contributed by atoms with Gasteiger partial charge in [-0.1, -0.05) is 30.3 Å². The van der Waals surface area contributed by atoms with E-state index in [9.17, 15) is 9.18 Å². The van der Waals surface area contributed by atoms with E-state index in [0.29, 0.717) is 4.88 Å². The fourth-order valence-corrected chi connectivity index (χ4v) is 1.82. The summed E-state index contributed by atoms with van der Waals surface area (Å²) in [5.74, 6) is -0.411. The number of thiophene rings is 1. The van der Waals surface area contributed by atoms with Gasteiger partial charge in [-0.05, 0) is 17.7 Å². The Bertz CT molecular complexity index is 536. The van der Waals surface area contributed by atoms with Crippen molar-refractivity contribution < 1.29 is 9.18 Å². The molecule has 1 N–H and O–H groups in total. The van der Waals surface area contributed by atoms with Crippen LogP contribution in [0, 0.1) is 5.13 Å². The van der Waals surface area contributed by atoms with Crippen molar-refractivity contribution in [3.8, 4) is 0 Å². The number of hydrogen-bond acceptors (Lipinski definition) is 3. The van der Waals surface area contributed by atoms with E-state index in [1.54, 1.807) is 0 Å². The van der Waals surface area contributed by atoms with Crippen LogP contribution in [0.3, 0.4) is 0 Å². The SMILES string of the molecule is O=C(N/N=C/c1ccccc1)c1ccc(F)s1. The average Bonchev–Trinajstić information content (AvgIpc) is 2.77. The largest absolute Gasteiger partial charge is 0.281 e. The molecule has 0 bridgehead atoms. The summed E-state index contributed by atoms with van der Waals surface area (Å²) in [6.45, 7) is 0. The summed E-state index contributed by atoms with van der Waals surface area (Å²) in [5.41, 5.74) is 3.21. The van der Waals surface area contributed by atoms with Gasteiger partial charge in [-0.2, -0.15) is 9.49 Å². The summed E-state index contributed by atoms with van der Waals surface area (Å²) in [6, 6.07) is 12.0. The van der Waals surface area contributed by atoms with Crippen molar-refractivity contribution in [2.75, 3.05) is 0 Å². The molecule has 2 aromatic rings. The minimum Gasteiger partial charge on any atom is -0.266 e. The third-order valence-electron chi connectivity index (χ3n) is 1.98. The van der Waals surface area contributed by atoms with Crippen LogP contribution in [0.1, 0.15) is 15.2 Å². The number of amides is 1. The van der Waals surface area contributed by atoms with E-state index >= 15 is 0 Å². The summed E-state index contributed by atoms with van der Waals surface area (Å²) >= 11 is 0.789. The van der Waals surface area contributed by atoms with E-state index in [1.807, 2.05) is 30.3 Å². The van der Waals surface area contributed by atoms with Crippen molar-refractivity contribution in [3.63, 3.8) is 0 Å². The van der Waals surface area contributed by atoms with Gasteiger partial charge in [0.25, 0.3) is 5.91 Å². The normalized spacial score (nSPS) is 10.6.